The molecule has 28 heavy (non-hydrogen) atoms. The number of carboxylic acids is 1. The third-order valence-electron chi connectivity index (χ3n) is 5.31. The zero-order valence-corrected chi connectivity index (χ0v) is 15.9. The molecule has 9 heteroatoms. The van der Waals surface area contributed by atoms with Gasteiger partial charge in [-0.1, -0.05) is 24.9 Å². The van der Waals surface area contributed by atoms with Gasteiger partial charge in [0.05, 0.1) is 17.1 Å². The van der Waals surface area contributed by atoms with E-state index in [1.165, 1.54) is 6.20 Å². The van der Waals surface area contributed by atoms with Crippen LogP contribution < -0.4 is 5.32 Å². The van der Waals surface area contributed by atoms with E-state index in [1.807, 2.05) is 6.92 Å². The number of nitrogens with zero attached hydrogens (tertiary/aromatic N) is 3. The number of carbonyl (C=O) groups is 1. The number of fused-ring (bicyclic) bond motifs is 1. The monoisotopic (exact) mass is 403 g/mol. The minimum atomic E-state index is -0.878. The third-order valence-corrected chi connectivity index (χ3v) is 5.52. The third kappa shape index (κ3) is 3.40. The molecular formula is C19H19ClFN5O2. The first-order chi connectivity index (χ1) is 13.4. The summed E-state index contributed by atoms with van der Waals surface area (Å²) in [5.41, 5.74) is 1.26. The average molecular weight is 404 g/mol. The van der Waals surface area contributed by atoms with Gasteiger partial charge in [-0.15, -0.1) is 0 Å². The molecule has 7 nitrogen and oxygen atoms in total. The second kappa shape index (κ2) is 7.35. The summed E-state index contributed by atoms with van der Waals surface area (Å²) in [6, 6.07) is 1.34. The highest BCUT2D eigenvalue weighted by Crippen LogP contribution is 2.33. The minimum absolute atomic E-state index is 0.000290. The molecule has 0 bridgehead atoms. The zero-order valence-electron chi connectivity index (χ0n) is 15.1. The Labute approximate surface area is 165 Å². The highest BCUT2D eigenvalue weighted by Gasteiger charge is 2.36. The van der Waals surface area contributed by atoms with Crippen molar-refractivity contribution in [1.29, 1.82) is 0 Å². The van der Waals surface area contributed by atoms with Crippen molar-refractivity contribution in [3.8, 4) is 11.4 Å². The topological polar surface area (TPSA) is 104 Å². The fraction of sp³-hybridized carbons (Fsp3) is 0.368. The normalized spacial score (nSPS) is 22.3. The molecule has 1 aliphatic carbocycles. The van der Waals surface area contributed by atoms with Crippen molar-refractivity contribution >= 4 is 34.4 Å². The van der Waals surface area contributed by atoms with Crippen LogP contribution in [0.25, 0.3) is 22.4 Å². The van der Waals surface area contributed by atoms with Gasteiger partial charge in [0.25, 0.3) is 0 Å². The first-order valence-corrected chi connectivity index (χ1v) is 9.46. The summed E-state index contributed by atoms with van der Waals surface area (Å²) in [5, 5.41) is 13.8. The number of nitrogens with one attached hydrogen (secondary N) is 2. The fourth-order valence-electron chi connectivity index (χ4n) is 3.93. The molecule has 3 aromatic heterocycles. The van der Waals surface area contributed by atoms with E-state index in [0.29, 0.717) is 28.5 Å². The van der Waals surface area contributed by atoms with Crippen molar-refractivity contribution in [2.45, 2.75) is 32.2 Å². The van der Waals surface area contributed by atoms with Gasteiger partial charge >= 0.3 is 5.97 Å². The van der Waals surface area contributed by atoms with Gasteiger partial charge < -0.3 is 15.4 Å². The van der Waals surface area contributed by atoms with Crippen molar-refractivity contribution in [2.75, 3.05) is 5.32 Å². The number of pyridine rings is 1. The number of aliphatic carboxylic acids is 1. The number of aromatic amines is 1. The van der Waals surface area contributed by atoms with Gasteiger partial charge in [-0.05, 0) is 24.8 Å². The largest absolute Gasteiger partial charge is 0.481 e. The van der Waals surface area contributed by atoms with Crippen LogP contribution in [-0.4, -0.2) is 37.1 Å². The number of rotatable bonds is 4. The Balaban J connectivity index is 1.69. The first kappa shape index (κ1) is 18.6. The maximum Gasteiger partial charge on any atom is 0.308 e. The van der Waals surface area contributed by atoms with E-state index in [2.05, 4.69) is 25.3 Å². The first-order valence-electron chi connectivity index (χ1n) is 9.09. The van der Waals surface area contributed by atoms with Crippen LogP contribution in [0, 0.1) is 17.7 Å². The maximum atomic E-state index is 14.4. The van der Waals surface area contributed by atoms with Crippen molar-refractivity contribution in [3.63, 3.8) is 0 Å². The summed E-state index contributed by atoms with van der Waals surface area (Å²) in [4.78, 5) is 27.3. The molecule has 1 saturated carbocycles. The van der Waals surface area contributed by atoms with Crippen LogP contribution in [0.3, 0.4) is 0 Å². The molecule has 146 valence electrons. The molecule has 0 aromatic carbocycles. The van der Waals surface area contributed by atoms with Crippen LogP contribution in [-0.2, 0) is 4.79 Å². The zero-order chi connectivity index (χ0) is 19.8. The Morgan fingerprint density at radius 2 is 2.18 bits per heavy atom. The molecule has 0 radical (unpaired) electrons. The second-order valence-corrected chi connectivity index (χ2v) is 7.60. The summed E-state index contributed by atoms with van der Waals surface area (Å²) in [6.07, 6.45) is 6.67. The van der Waals surface area contributed by atoms with Crippen molar-refractivity contribution < 1.29 is 14.3 Å². The Hall–Kier alpha value is -2.74. The predicted octanol–water partition coefficient (Wildman–Crippen LogP) is 4.11. The van der Waals surface area contributed by atoms with Crippen molar-refractivity contribution in [3.05, 3.63) is 35.5 Å². The standard InChI is InChI=1S/C19H19ClFN5O2/c1-9-3-2-4-14(15(9)19(27)28)25-18-13(21)8-24-17(26-18)12-7-23-16-11(12)5-10(20)6-22-16/h5-9,14-15H,2-4H2,1H3,(H,22,23)(H,27,28)(H,24,25,26)/t9-,14?,15+/m0/s1. The van der Waals surface area contributed by atoms with E-state index in [-0.39, 0.29) is 11.7 Å². The molecule has 0 amide bonds. The van der Waals surface area contributed by atoms with E-state index in [1.54, 1.807) is 12.3 Å². The van der Waals surface area contributed by atoms with E-state index >= 15 is 0 Å². The molecule has 1 aliphatic rings. The summed E-state index contributed by atoms with van der Waals surface area (Å²) >= 11 is 6.03. The van der Waals surface area contributed by atoms with Gasteiger partial charge in [-0.2, -0.15) is 0 Å². The number of hydrogen-bond donors (Lipinski definition) is 3. The Morgan fingerprint density at radius 1 is 1.36 bits per heavy atom. The van der Waals surface area contributed by atoms with Crippen LogP contribution >= 0.6 is 11.6 Å². The molecular weight excluding hydrogens is 385 g/mol. The molecule has 3 N–H and O–H groups in total. The molecule has 1 fully saturated rings. The lowest BCUT2D eigenvalue weighted by atomic mass is 9.77. The van der Waals surface area contributed by atoms with Gasteiger partial charge in [-0.25, -0.2) is 19.3 Å². The van der Waals surface area contributed by atoms with Gasteiger partial charge in [0, 0.05) is 29.4 Å². The average Bonchev–Trinajstić information content (AvgIpc) is 3.06. The SMILES string of the molecule is C[C@H]1CCCC(Nc2nc(-c3c[nH]c4ncc(Cl)cc34)ncc2F)[C@@H]1C(=O)O. The molecule has 3 atom stereocenters. The molecule has 1 unspecified atom stereocenters. The Morgan fingerprint density at radius 3 is 2.96 bits per heavy atom. The maximum absolute atomic E-state index is 14.4. The van der Waals surface area contributed by atoms with Gasteiger partial charge in [0.15, 0.2) is 17.5 Å². The highest BCUT2D eigenvalue weighted by molar-refractivity contribution is 6.31. The van der Waals surface area contributed by atoms with Gasteiger partial charge in [-0.3, -0.25) is 4.79 Å². The Bertz CT molecular complexity index is 1040. The number of hydrogen-bond acceptors (Lipinski definition) is 5. The van der Waals surface area contributed by atoms with Crippen molar-refractivity contribution in [1.82, 2.24) is 19.9 Å². The molecule has 3 heterocycles. The minimum Gasteiger partial charge on any atom is -0.481 e. The van der Waals surface area contributed by atoms with E-state index in [0.717, 1.165) is 24.4 Å². The van der Waals surface area contributed by atoms with E-state index in [9.17, 15) is 14.3 Å². The second-order valence-electron chi connectivity index (χ2n) is 7.17. The Kier molecular flexibility index (Phi) is 4.89. The van der Waals surface area contributed by atoms with Crippen LogP contribution in [0.15, 0.2) is 24.7 Å². The molecule has 3 aromatic rings. The van der Waals surface area contributed by atoms with E-state index < -0.39 is 23.7 Å². The lowest BCUT2D eigenvalue weighted by Crippen LogP contribution is -2.42. The lowest BCUT2D eigenvalue weighted by Gasteiger charge is -2.34. The van der Waals surface area contributed by atoms with Crippen LogP contribution in [0.2, 0.25) is 5.02 Å². The quantitative estimate of drug-likeness (QED) is 0.605. The summed E-state index contributed by atoms with van der Waals surface area (Å²) in [7, 11) is 0. The molecule has 0 aliphatic heterocycles. The smallest absolute Gasteiger partial charge is 0.308 e. The summed E-state index contributed by atoms with van der Waals surface area (Å²) in [5.74, 6) is -1.79. The highest BCUT2D eigenvalue weighted by atomic mass is 35.5. The molecule has 0 spiro atoms. The van der Waals surface area contributed by atoms with Crippen molar-refractivity contribution in [2.24, 2.45) is 11.8 Å². The van der Waals surface area contributed by atoms with E-state index in [4.69, 9.17) is 11.6 Å². The molecule has 4 rings (SSSR count). The summed E-state index contributed by atoms with van der Waals surface area (Å²) in [6.45, 7) is 1.91. The number of carboxylic acid groups (broad SMARTS) is 1. The number of H-pyrrole nitrogens is 1. The predicted molar refractivity (Wildman–Crippen MR) is 104 cm³/mol. The van der Waals surface area contributed by atoms with Gasteiger partial charge in [0.1, 0.15) is 5.65 Å². The number of anilines is 1. The lowest BCUT2D eigenvalue weighted by molar-refractivity contribution is -0.145. The van der Waals surface area contributed by atoms with Crippen LogP contribution in [0.5, 0.6) is 0 Å². The van der Waals surface area contributed by atoms with Crippen LogP contribution in [0.4, 0.5) is 10.2 Å². The number of aromatic nitrogens is 4. The summed E-state index contributed by atoms with van der Waals surface area (Å²) < 4.78 is 14.4. The molecule has 0 saturated heterocycles. The van der Waals surface area contributed by atoms with Gasteiger partial charge in [0.2, 0.25) is 0 Å². The fourth-order valence-corrected chi connectivity index (χ4v) is 4.09. The number of halogens is 2. The van der Waals surface area contributed by atoms with Crippen LogP contribution in [0.1, 0.15) is 26.2 Å².